The van der Waals surface area contributed by atoms with Crippen molar-refractivity contribution in [2.24, 2.45) is 0 Å². The summed E-state index contributed by atoms with van der Waals surface area (Å²) in [6, 6.07) is 11.9. The number of aromatic nitrogens is 4. The van der Waals surface area contributed by atoms with E-state index >= 15 is 0 Å². The molecule has 0 atom stereocenters. The Hall–Kier alpha value is -4.09. The zero-order valence-corrected chi connectivity index (χ0v) is 15.1. The molecule has 2 aromatic heterocycles. The minimum absolute atomic E-state index is 0.0206. The summed E-state index contributed by atoms with van der Waals surface area (Å²) >= 11 is 0. The number of imidazole rings is 1. The molecule has 12 heteroatoms. The highest BCUT2D eigenvalue weighted by Gasteiger charge is 2.31. The van der Waals surface area contributed by atoms with E-state index < -0.39 is 18.0 Å². The molecule has 2 aromatic carbocycles. The monoisotopic (exact) mass is 418 g/mol. The fraction of sp³-hybridized carbons (Fsp3) is 0.111. The summed E-state index contributed by atoms with van der Waals surface area (Å²) in [5.41, 5.74) is 7.50. The number of carbonyl (C=O) groups is 1. The van der Waals surface area contributed by atoms with Crippen LogP contribution in [0.2, 0.25) is 0 Å². The van der Waals surface area contributed by atoms with Gasteiger partial charge in [0.25, 0.3) is 0 Å². The average molecular weight is 418 g/mol. The van der Waals surface area contributed by atoms with Gasteiger partial charge >= 0.3 is 6.36 Å². The maximum absolute atomic E-state index is 12.6. The van der Waals surface area contributed by atoms with Gasteiger partial charge in [-0.25, -0.2) is 9.61 Å². The predicted octanol–water partition coefficient (Wildman–Crippen LogP) is 3.21. The van der Waals surface area contributed by atoms with Crippen LogP contribution in [-0.4, -0.2) is 32.1 Å². The second kappa shape index (κ2) is 7.39. The van der Waals surface area contributed by atoms with Crippen molar-refractivity contribution >= 4 is 28.4 Å². The van der Waals surface area contributed by atoms with Crippen molar-refractivity contribution in [2.45, 2.75) is 12.9 Å². The second-order valence-corrected chi connectivity index (χ2v) is 6.13. The average Bonchev–Trinajstić information content (AvgIpc) is 3.26. The first-order valence-electron chi connectivity index (χ1n) is 8.49. The molecule has 1 amide bonds. The van der Waals surface area contributed by atoms with Gasteiger partial charge < -0.3 is 20.4 Å². The van der Waals surface area contributed by atoms with E-state index in [0.717, 1.165) is 12.1 Å². The Labute approximate surface area is 166 Å². The topological polar surface area (TPSA) is 121 Å². The van der Waals surface area contributed by atoms with E-state index in [1.165, 1.54) is 12.1 Å². The number of rotatable bonds is 5. The van der Waals surface area contributed by atoms with Crippen molar-refractivity contribution < 1.29 is 27.3 Å². The number of para-hydroxylation sites is 2. The minimum Gasteiger partial charge on any atom is -0.406 e. The standard InChI is InChI=1S/C18H13F3N6O3/c19-18(20,21)29-11-7-5-10(6-8-11)23-14(28)9-27-13-4-2-1-3-12(13)24-17(27)15-16(22)26-30-25-15/h1-8H,9H2,(H2,22,26)(H,23,28). The number of hydrogen-bond donors (Lipinski definition) is 2. The first-order chi connectivity index (χ1) is 14.3. The van der Waals surface area contributed by atoms with Crippen LogP contribution >= 0.6 is 0 Å². The van der Waals surface area contributed by atoms with Crippen molar-refractivity contribution in [3.63, 3.8) is 0 Å². The van der Waals surface area contributed by atoms with Crippen LogP contribution in [0.1, 0.15) is 0 Å². The maximum atomic E-state index is 12.6. The van der Waals surface area contributed by atoms with Crippen molar-refractivity contribution in [1.29, 1.82) is 0 Å². The Morgan fingerprint density at radius 3 is 2.53 bits per heavy atom. The summed E-state index contributed by atoms with van der Waals surface area (Å²) in [5, 5.41) is 9.88. The molecule has 0 aliphatic carbocycles. The van der Waals surface area contributed by atoms with E-state index in [0.29, 0.717) is 22.5 Å². The third kappa shape index (κ3) is 4.01. The third-order valence-electron chi connectivity index (χ3n) is 4.05. The van der Waals surface area contributed by atoms with Gasteiger partial charge in [-0.15, -0.1) is 13.2 Å². The largest absolute Gasteiger partial charge is 0.573 e. The molecule has 30 heavy (non-hydrogen) atoms. The first-order valence-corrected chi connectivity index (χ1v) is 8.49. The molecular formula is C18H13F3N6O3. The quantitative estimate of drug-likeness (QED) is 0.510. The molecule has 9 nitrogen and oxygen atoms in total. The van der Waals surface area contributed by atoms with Crippen molar-refractivity contribution in [3.05, 3.63) is 48.5 Å². The summed E-state index contributed by atoms with van der Waals surface area (Å²) in [6.45, 7) is -0.164. The number of fused-ring (bicyclic) bond motifs is 1. The zero-order valence-electron chi connectivity index (χ0n) is 15.1. The molecule has 0 aliphatic heterocycles. The molecule has 0 saturated heterocycles. The number of amides is 1. The van der Waals surface area contributed by atoms with Crippen LogP contribution < -0.4 is 15.8 Å². The number of nitrogen functional groups attached to an aromatic ring is 1. The Morgan fingerprint density at radius 1 is 1.13 bits per heavy atom. The Bertz CT molecular complexity index is 1200. The van der Waals surface area contributed by atoms with Crippen molar-refractivity contribution in [2.75, 3.05) is 11.1 Å². The Kier molecular flexibility index (Phi) is 4.74. The van der Waals surface area contributed by atoms with Crippen LogP contribution in [0.15, 0.2) is 53.2 Å². The molecule has 2 heterocycles. The highest BCUT2D eigenvalue weighted by Crippen LogP contribution is 2.27. The molecule has 0 spiro atoms. The molecular weight excluding hydrogens is 405 g/mol. The van der Waals surface area contributed by atoms with Crippen LogP contribution in [0.5, 0.6) is 5.75 Å². The van der Waals surface area contributed by atoms with E-state index in [1.54, 1.807) is 28.8 Å². The van der Waals surface area contributed by atoms with E-state index in [4.69, 9.17) is 5.73 Å². The molecule has 0 unspecified atom stereocenters. The number of nitrogens with two attached hydrogens (primary N) is 1. The third-order valence-corrected chi connectivity index (χ3v) is 4.05. The number of anilines is 2. The molecule has 154 valence electrons. The fourth-order valence-corrected chi connectivity index (χ4v) is 2.85. The predicted molar refractivity (Wildman–Crippen MR) is 99.2 cm³/mol. The number of alkyl halides is 3. The molecule has 0 fully saturated rings. The van der Waals surface area contributed by atoms with Crippen LogP contribution in [0.25, 0.3) is 22.6 Å². The normalized spacial score (nSPS) is 11.6. The lowest BCUT2D eigenvalue weighted by Gasteiger charge is -2.11. The van der Waals surface area contributed by atoms with Crippen LogP contribution in [0.4, 0.5) is 24.7 Å². The number of hydrogen-bond acceptors (Lipinski definition) is 7. The second-order valence-electron chi connectivity index (χ2n) is 6.13. The minimum atomic E-state index is -4.79. The van der Waals surface area contributed by atoms with E-state index in [-0.39, 0.29) is 18.1 Å². The number of nitrogens with one attached hydrogen (secondary N) is 1. The number of halogens is 3. The summed E-state index contributed by atoms with van der Waals surface area (Å²) in [4.78, 5) is 17.0. The fourth-order valence-electron chi connectivity index (χ4n) is 2.85. The van der Waals surface area contributed by atoms with Gasteiger partial charge in [0.2, 0.25) is 5.91 Å². The van der Waals surface area contributed by atoms with Crippen LogP contribution in [-0.2, 0) is 11.3 Å². The number of nitrogens with zero attached hydrogens (tertiary/aromatic N) is 4. The van der Waals surface area contributed by atoms with Gasteiger partial charge in [0, 0.05) is 5.69 Å². The maximum Gasteiger partial charge on any atom is 0.573 e. The first kappa shape index (κ1) is 19.2. The zero-order chi connectivity index (χ0) is 21.3. The van der Waals surface area contributed by atoms with Crippen LogP contribution in [0.3, 0.4) is 0 Å². The molecule has 0 radical (unpaired) electrons. The Morgan fingerprint density at radius 2 is 1.87 bits per heavy atom. The molecule has 4 rings (SSSR count). The van der Waals surface area contributed by atoms with Gasteiger partial charge in [0.05, 0.1) is 11.0 Å². The highest BCUT2D eigenvalue weighted by molar-refractivity contribution is 5.92. The number of carbonyl (C=O) groups excluding carboxylic acids is 1. The highest BCUT2D eigenvalue weighted by atomic mass is 19.4. The molecule has 0 bridgehead atoms. The number of benzene rings is 2. The van der Waals surface area contributed by atoms with Gasteiger partial charge in [-0.3, -0.25) is 4.79 Å². The van der Waals surface area contributed by atoms with Crippen molar-refractivity contribution in [1.82, 2.24) is 19.9 Å². The van der Waals surface area contributed by atoms with Gasteiger partial charge in [0.15, 0.2) is 17.3 Å². The van der Waals surface area contributed by atoms with E-state index in [9.17, 15) is 18.0 Å². The van der Waals surface area contributed by atoms with E-state index in [1.807, 2.05) is 0 Å². The van der Waals surface area contributed by atoms with Crippen LogP contribution in [0, 0.1) is 0 Å². The lowest BCUT2D eigenvalue weighted by Crippen LogP contribution is -2.20. The lowest BCUT2D eigenvalue weighted by atomic mass is 10.3. The smallest absolute Gasteiger partial charge is 0.406 e. The van der Waals surface area contributed by atoms with E-state index in [2.05, 4.69) is 30.0 Å². The lowest BCUT2D eigenvalue weighted by molar-refractivity contribution is -0.274. The summed E-state index contributed by atoms with van der Waals surface area (Å²) < 4.78 is 46.8. The van der Waals surface area contributed by atoms with Gasteiger partial charge in [-0.2, -0.15) is 0 Å². The summed E-state index contributed by atoms with van der Waals surface area (Å²) in [6.07, 6.45) is -4.79. The van der Waals surface area contributed by atoms with Gasteiger partial charge in [-0.05, 0) is 46.7 Å². The van der Waals surface area contributed by atoms with Crippen molar-refractivity contribution in [3.8, 4) is 17.3 Å². The molecule has 0 saturated carbocycles. The van der Waals surface area contributed by atoms with Gasteiger partial charge in [-0.1, -0.05) is 12.1 Å². The SMILES string of the molecule is Nc1nonc1-c1nc2ccccc2n1CC(=O)Nc1ccc(OC(F)(F)F)cc1. The number of ether oxygens (including phenoxy) is 1. The summed E-state index contributed by atoms with van der Waals surface area (Å²) in [5.74, 6) is -0.525. The molecule has 0 aliphatic rings. The molecule has 3 N–H and O–H groups in total. The molecule has 4 aromatic rings. The Balaban J connectivity index is 1.57. The summed E-state index contributed by atoms with van der Waals surface area (Å²) in [7, 11) is 0. The van der Waals surface area contributed by atoms with Gasteiger partial charge in [0.1, 0.15) is 12.3 Å².